The number of nitrogens with zero attached hydrogens (tertiary/aromatic N) is 3. The molecule has 2 aromatic carbocycles. The van der Waals surface area contributed by atoms with Gasteiger partial charge in [0.15, 0.2) is 11.4 Å². The molecule has 0 bridgehead atoms. The molecule has 8 heteroatoms. The highest BCUT2D eigenvalue weighted by Gasteiger charge is 2.21. The van der Waals surface area contributed by atoms with E-state index in [1.54, 1.807) is 24.3 Å². The van der Waals surface area contributed by atoms with E-state index >= 15 is 0 Å². The van der Waals surface area contributed by atoms with Gasteiger partial charge in [0.1, 0.15) is 0 Å². The Morgan fingerprint density at radius 3 is 2.13 bits per heavy atom. The number of carbonyl (C=O) groups excluding carboxylic acids is 2. The van der Waals surface area contributed by atoms with Crippen molar-refractivity contribution in [3.63, 3.8) is 0 Å². The van der Waals surface area contributed by atoms with E-state index in [-0.39, 0.29) is 11.4 Å². The van der Waals surface area contributed by atoms with Crippen LogP contribution in [0.15, 0.2) is 67.0 Å². The molecule has 3 N–H and O–H groups in total. The van der Waals surface area contributed by atoms with Crippen LogP contribution in [0.2, 0.25) is 0 Å². The van der Waals surface area contributed by atoms with Gasteiger partial charge in [0, 0.05) is 29.3 Å². The van der Waals surface area contributed by atoms with E-state index in [1.165, 1.54) is 12.4 Å². The molecular weight excluding hydrogens is 392 g/mol. The first-order chi connectivity index (χ1) is 15.0. The van der Waals surface area contributed by atoms with Crippen LogP contribution in [0.1, 0.15) is 32.2 Å². The first-order valence-corrected chi connectivity index (χ1v) is 9.63. The van der Waals surface area contributed by atoms with Crippen molar-refractivity contribution in [3.8, 4) is 11.3 Å². The summed E-state index contributed by atoms with van der Waals surface area (Å²) in [6.07, 6.45) is 2.75. The van der Waals surface area contributed by atoms with Crippen LogP contribution in [0.4, 0.5) is 11.4 Å². The molecule has 0 fully saturated rings. The summed E-state index contributed by atoms with van der Waals surface area (Å²) in [7, 11) is 0. The van der Waals surface area contributed by atoms with Gasteiger partial charge in [-0.1, -0.05) is 35.9 Å². The lowest BCUT2D eigenvalue weighted by atomic mass is 10.1. The molecule has 0 aliphatic rings. The number of carbonyl (C=O) groups is 2. The average molecular weight is 412 g/mol. The fourth-order valence-corrected chi connectivity index (χ4v) is 3.05. The Morgan fingerprint density at radius 1 is 0.839 bits per heavy atom. The Labute approximate surface area is 178 Å². The third kappa shape index (κ3) is 4.48. The molecule has 0 aliphatic carbocycles. The van der Waals surface area contributed by atoms with E-state index in [1.807, 2.05) is 44.2 Å². The van der Waals surface area contributed by atoms with Crippen molar-refractivity contribution in [1.29, 1.82) is 0 Å². The van der Waals surface area contributed by atoms with E-state index in [2.05, 4.69) is 30.8 Å². The highest BCUT2D eigenvalue weighted by molar-refractivity contribution is 6.13. The number of amides is 2. The number of aromatic amines is 1. The summed E-state index contributed by atoms with van der Waals surface area (Å²) in [5.41, 5.74) is 4.44. The van der Waals surface area contributed by atoms with Crippen molar-refractivity contribution in [2.45, 2.75) is 13.8 Å². The van der Waals surface area contributed by atoms with Crippen molar-refractivity contribution in [1.82, 2.24) is 20.2 Å². The quantitative estimate of drug-likeness (QED) is 0.459. The predicted octanol–water partition coefficient (Wildman–Crippen LogP) is 3.99. The Kier molecular flexibility index (Phi) is 5.53. The molecule has 154 valence electrons. The molecule has 8 nitrogen and oxygen atoms in total. The summed E-state index contributed by atoms with van der Waals surface area (Å²) in [6, 6.07) is 16.5. The SMILES string of the molecule is Cc1ccc(NC(=O)c2nccnc2C(=O)Nc2ccccc2-c2cc(C)[nH]n2)cc1. The van der Waals surface area contributed by atoms with Crippen LogP contribution >= 0.6 is 0 Å². The van der Waals surface area contributed by atoms with Crippen LogP contribution in [0.3, 0.4) is 0 Å². The predicted molar refractivity (Wildman–Crippen MR) is 118 cm³/mol. The lowest BCUT2D eigenvalue weighted by molar-refractivity contribution is 0.0983. The van der Waals surface area contributed by atoms with E-state index in [0.29, 0.717) is 17.1 Å². The summed E-state index contributed by atoms with van der Waals surface area (Å²) in [4.78, 5) is 34.0. The lowest BCUT2D eigenvalue weighted by Crippen LogP contribution is -2.23. The largest absolute Gasteiger partial charge is 0.321 e. The summed E-state index contributed by atoms with van der Waals surface area (Å²) >= 11 is 0. The molecule has 0 saturated carbocycles. The van der Waals surface area contributed by atoms with Crippen LogP contribution in [-0.4, -0.2) is 32.0 Å². The monoisotopic (exact) mass is 412 g/mol. The smallest absolute Gasteiger partial charge is 0.276 e. The van der Waals surface area contributed by atoms with E-state index in [0.717, 1.165) is 16.8 Å². The van der Waals surface area contributed by atoms with Gasteiger partial charge in [-0.05, 0) is 38.1 Å². The van der Waals surface area contributed by atoms with Gasteiger partial charge in [0.05, 0.1) is 11.4 Å². The molecule has 0 atom stereocenters. The Balaban J connectivity index is 1.59. The summed E-state index contributed by atoms with van der Waals surface area (Å²) in [5.74, 6) is -1.06. The fourth-order valence-electron chi connectivity index (χ4n) is 3.05. The molecule has 2 amide bonds. The van der Waals surface area contributed by atoms with Crippen molar-refractivity contribution >= 4 is 23.2 Å². The van der Waals surface area contributed by atoms with Gasteiger partial charge in [0.25, 0.3) is 11.8 Å². The molecule has 0 radical (unpaired) electrons. The molecule has 4 aromatic rings. The molecule has 4 rings (SSSR count). The van der Waals surface area contributed by atoms with Crippen LogP contribution in [0, 0.1) is 13.8 Å². The van der Waals surface area contributed by atoms with Gasteiger partial charge >= 0.3 is 0 Å². The van der Waals surface area contributed by atoms with E-state index < -0.39 is 11.8 Å². The van der Waals surface area contributed by atoms with Gasteiger partial charge in [-0.25, -0.2) is 9.97 Å². The maximum absolute atomic E-state index is 13.0. The van der Waals surface area contributed by atoms with Gasteiger partial charge in [-0.3, -0.25) is 14.7 Å². The molecular formula is C23H20N6O2. The second-order valence-corrected chi connectivity index (χ2v) is 7.01. The van der Waals surface area contributed by atoms with Crippen molar-refractivity contribution < 1.29 is 9.59 Å². The first-order valence-electron chi connectivity index (χ1n) is 9.63. The highest BCUT2D eigenvalue weighted by atomic mass is 16.2. The van der Waals surface area contributed by atoms with Gasteiger partial charge in [0.2, 0.25) is 0 Å². The highest BCUT2D eigenvalue weighted by Crippen LogP contribution is 2.27. The van der Waals surface area contributed by atoms with Gasteiger partial charge < -0.3 is 10.6 Å². The van der Waals surface area contributed by atoms with Crippen molar-refractivity contribution in [3.05, 3.63) is 89.6 Å². The number of hydrogen-bond acceptors (Lipinski definition) is 5. The zero-order chi connectivity index (χ0) is 21.8. The van der Waals surface area contributed by atoms with Gasteiger partial charge in [-0.2, -0.15) is 5.10 Å². The minimum atomic E-state index is -0.540. The van der Waals surface area contributed by atoms with E-state index in [4.69, 9.17) is 0 Å². The minimum absolute atomic E-state index is 0.0614. The third-order valence-corrected chi connectivity index (χ3v) is 4.59. The zero-order valence-corrected chi connectivity index (χ0v) is 17.0. The number of benzene rings is 2. The van der Waals surface area contributed by atoms with Crippen molar-refractivity contribution in [2.24, 2.45) is 0 Å². The van der Waals surface area contributed by atoms with E-state index in [9.17, 15) is 9.59 Å². The number of aryl methyl sites for hydroxylation is 2. The fraction of sp³-hybridized carbons (Fsp3) is 0.0870. The number of anilines is 2. The number of nitrogens with one attached hydrogen (secondary N) is 3. The summed E-state index contributed by atoms with van der Waals surface area (Å²) in [5, 5.41) is 12.7. The van der Waals surface area contributed by atoms with Crippen molar-refractivity contribution in [2.75, 3.05) is 10.6 Å². The van der Waals surface area contributed by atoms with Crippen LogP contribution in [-0.2, 0) is 0 Å². The standard InChI is InChI=1S/C23H20N6O2/c1-14-7-9-16(10-8-14)26-22(30)20-21(25-12-11-24-20)23(31)27-18-6-4-3-5-17(18)19-13-15(2)28-29-19/h3-13H,1-2H3,(H,26,30)(H,27,31)(H,28,29). The maximum Gasteiger partial charge on any atom is 0.276 e. The number of H-pyrrole nitrogens is 1. The second kappa shape index (κ2) is 8.58. The summed E-state index contributed by atoms with van der Waals surface area (Å²) in [6.45, 7) is 3.86. The lowest BCUT2D eigenvalue weighted by Gasteiger charge is -2.11. The number of rotatable bonds is 5. The Bertz CT molecular complexity index is 1250. The van der Waals surface area contributed by atoms with Crippen LogP contribution in [0.5, 0.6) is 0 Å². The molecule has 2 aromatic heterocycles. The maximum atomic E-state index is 13.0. The molecule has 0 aliphatic heterocycles. The number of hydrogen-bond donors (Lipinski definition) is 3. The zero-order valence-electron chi connectivity index (χ0n) is 17.0. The number of para-hydroxylation sites is 1. The Hall–Kier alpha value is -4.33. The molecule has 0 unspecified atom stereocenters. The molecule has 0 saturated heterocycles. The molecule has 31 heavy (non-hydrogen) atoms. The summed E-state index contributed by atoms with van der Waals surface area (Å²) < 4.78 is 0. The minimum Gasteiger partial charge on any atom is -0.321 e. The number of aromatic nitrogens is 4. The average Bonchev–Trinajstić information content (AvgIpc) is 3.21. The third-order valence-electron chi connectivity index (χ3n) is 4.59. The topological polar surface area (TPSA) is 113 Å². The normalized spacial score (nSPS) is 10.5. The first kappa shape index (κ1) is 20.0. The second-order valence-electron chi connectivity index (χ2n) is 7.01. The Morgan fingerprint density at radius 2 is 1.48 bits per heavy atom. The van der Waals surface area contributed by atoms with Crippen LogP contribution in [0.25, 0.3) is 11.3 Å². The van der Waals surface area contributed by atoms with Crippen LogP contribution < -0.4 is 10.6 Å². The molecule has 0 spiro atoms. The van der Waals surface area contributed by atoms with Gasteiger partial charge in [-0.15, -0.1) is 0 Å². The molecule has 2 heterocycles.